The van der Waals surface area contributed by atoms with E-state index in [1.54, 1.807) is 6.20 Å². The molecular formula is C20H24ClN3O. The Labute approximate surface area is 153 Å². The molecule has 0 spiro atoms. The highest BCUT2D eigenvalue weighted by Gasteiger charge is 2.12. The van der Waals surface area contributed by atoms with Gasteiger partial charge in [0.05, 0.1) is 17.1 Å². The van der Waals surface area contributed by atoms with Crippen LogP contribution in [-0.4, -0.2) is 21.6 Å². The monoisotopic (exact) mass is 357 g/mol. The van der Waals surface area contributed by atoms with Crippen molar-refractivity contribution in [3.8, 4) is 16.9 Å². The maximum absolute atomic E-state index is 6.46. The number of hydrogen-bond donors (Lipinski definition) is 1. The zero-order valence-corrected chi connectivity index (χ0v) is 15.9. The number of benzene rings is 1. The summed E-state index contributed by atoms with van der Waals surface area (Å²) in [4.78, 5) is 12.0. The molecule has 5 heteroatoms. The minimum absolute atomic E-state index is 0.503. The quantitative estimate of drug-likeness (QED) is 0.620. The first-order chi connectivity index (χ1) is 11.9. The molecule has 0 bridgehead atoms. The van der Waals surface area contributed by atoms with Gasteiger partial charge >= 0.3 is 0 Å². The van der Waals surface area contributed by atoms with Crippen LogP contribution in [0.4, 0.5) is 0 Å². The number of aromatic amines is 1. The molecule has 0 aliphatic heterocycles. The first-order valence-electron chi connectivity index (χ1n) is 8.68. The van der Waals surface area contributed by atoms with Crippen molar-refractivity contribution < 1.29 is 4.74 Å². The number of aromatic nitrogens is 3. The van der Waals surface area contributed by atoms with Crippen molar-refractivity contribution in [2.45, 2.75) is 34.1 Å². The second-order valence-electron chi connectivity index (χ2n) is 7.07. The van der Waals surface area contributed by atoms with Crippen molar-refractivity contribution in [3.05, 3.63) is 41.3 Å². The van der Waals surface area contributed by atoms with Gasteiger partial charge in [0.2, 0.25) is 0 Å². The van der Waals surface area contributed by atoms with Crippen LogP contribution in [0.5, 0.6) is 5.75 Å². The van der Waals surface area contributed by atoms with E-state index in [0.29, 0.717) is 29.1 Å². The van der Waals surface area contributed by atoms with E-state index in [-0.39, 0.29) is 0 Å². The number of fused-ring (bicyclic) bond motifs is 1. The molecule has 0 unspecified atom stereocenters. The van der Waals surface area contributed by atoms with Crippen molar-refractivity contribution in [1.82, 2.24) is 15.0 Å². The molecular weight excluding hydrogens is 334 g/mol. The summed E-state index contributed by atoms with van der Waals surface area (Å²) in [5.41, 5.74) is 3.69. The van der Waals surface area contributed by atoms with Gasteiger partial charge in [-0.1, -0.05) is 38.4 Å². The number of halogens is 1. The molecule has 3 rings (SSSR count). The van der Waals surface area contributed by atoms with Gasteiger partial charge in [-0.25, -0.2) is 9.97 Å². The summed E-state index contributed by atoms with van der Waals surface area (Å²) in [6.07, 6.45) is 2.91. The Kier molecular flexibility index (Phi) is 5.28. The third-order valence-electron chi connectivity index (χ3n) is 4.15. The predicted molar refractivity (Wildman–Crippen MR) is 103 cm³/mol. The lowest BCUT2D eigenvalue weighted by Gasteiger charge is -2.16. The molecule has 0 aliphatic carbocycles. The Morgan fingerprint density at radius 1 is 1.20 bits per heavy atom. The molecule has 0 fully saturated rings. The molecule has 4 nitrogen and oxygen atoms in total. The van der Waals surface area contributed by atoms with Gasteiger partial charge in [0.15, 0.2) is 5.65 Å². The van der Waals surface area contributed by atoms with Gasteiger partial charge in [-0.05, 0) is 48.9 Å². The number of nitrogens with zero attached hydrogens (tertiary/aromatic N) is 2. The van der Waals surface area contributed by atoms with Crippen LogP contribution < -0.4 is 4.74 Å². The molecule has 1 aromatic carbocycles. The highest BCUT2D eigenvalue weighted by molar-refractivity contribution is 6.32. The van der Waals surface area contributed by atoms with Crippen LogP contribution in [0.1, 0.15) is 33.0 Å². The second-order valence-corrected chi connectivity index (χ2v) is 7.48. The van der Waals surface area contributed by atoms with Crippen LogP contribution in [0.15, 0.2) is 30.5 Å². The topological polar surface area (TPSA) is 50.8 Å². The summed E-state index contributed by atoms with van der Waals surface area (Å²) < 4.78 is 5.92. The van der Waals surface area contributed by atoms with E-state index in [2.05, 4.69) is 35.7 Å². The normalized spacial score (nSPS) is 12.7. The van der Waals surface area contributed by atoms with E-state index < -0.39 is 0 Å². The molecule has 0 radical (unpaired) electrons. The van der Waals surface area contributed by atoms with Gasteiger partial charge in [-0.3, -0.25) is 0 Å². The summed E-state index contributed by atoms with van der Waals surface area (Å²) in [5, 5.41) is 0.621. The van der Waals surface area contributed by atoms with E-state index in [0.717, 1.165) is 34.6 Å². The lowest BCUT2D eigenvalue weighted by molar-refractivity contribution is 0.239. The van der Waals surface area contributed by atoms with Gasteiger partial charge in [0.1, 0.15) is 11.6 Å². The molecule has 2 aromatic heterocycles. The standard InChI is InChI=1S/C20H24ClN3O/c1-12(2)9-13(3)11-25-18-6-5-15(10-17(18)21)16-7-8-22-20-19(16)23-14(4)24-20/h5-8,10,12-13H,9,11H2,1-4H3,(H,22,23,24)/t13-/m1/s1. The largest absolute Gasteiger partial charge is 0.492 e. The Morgan fingerprint density at radius 3 is 2.72 bits per heavy atom. The lowest BCUT2D eigenvalue weighted by atomic mass is 10.00. The highest BCUT2D eigenvalue weighted by Crippen LogP contribution is 2.33. The molecule has 0 amide bonds. The minimum Gasteiger partial charge on any atom is -0.492 e. The van der Waals surface area contributed by atoms with Crippen molar-refractivity contribution in [2.24, 2.45) is 11.8 Å². The zero-order valence-electron chi connectivity index (χ0n) is 15.1. The fourth-order valence-corrected chi connectivity index (χ4v) is 3.39. The van der Waals surface area contributed by atoms with E-state index in [4.69, 9.17) is 16.3 Å². The molecule has 2 heterocycles. The van der Waals surface area contributed by atoms with Crippen molar-refractivity contribution in [1.29, 1.82) is 0 Å². The number of ether oxygens (including phenoxy) is 1. The average molecular weight is 358 g/mol. The van der Waals surface area contributed by atoms with Crippen LogP contribution >= 0.6 is 11.6 Å². The SMILES string of the molecule is Cc1nc2nccc(-c3ccc(OC[C@H](C)CC(C)C)c(Cl)c3)c2[nH]1. The minimum atomic E-state index is 0.503. The number of imidazole rings is 1. The Morgan fingerprint density at radius 2 is 2.00 bits per heavy atom. The van der Waals surface area contributed by atoms with Crippen LogP contribution in [0, 0.1) is 18.8 Å². The number of rotatable bonds is 6. The molecule has 0 saturated heterocycles. The van der Waals surface area contributed by atoms with E-state index >= 15 is 0 Å². The summed E-state index contributed by atoms with van der Waals surface area (Å²) in [6.45, 7) is 9.26. The van der Waals surface area contributed by atoms with E-state index in [9.17, 15) is 0 Å². The van der Waals surface area contributed by atoms with Crippen LogP contribution in [0.2, 0.25) is 5.02 Å². The Bertz CT molecular complexity index is 873. The van der Waals surface area contributed by atoms with Crippen LogP contribution in [0.3, 0.4) is 0 Å². The first kappa shape index (κ1) is 17.7. The van der Waals surface area contributed by atoms with Gasteiger partial charge in [0.25, 0.3) is 0 Å². The fourth-order valence-electron chi connectivity index (χ4n) is 3.16. The smallest absolute Gasteiger partial charge is 0.178 e. The number of pyridine rings is 1. The predicted octanol–water partition coefficient (Wildman–Crippen LogP) is 5.65. The van der Waals surface area contributed by atoms with E-state index in [1.165, 1.54) is 0 Å². The zero-order chi connectivity index (χ0) is 18.0. The molecule has 0 aliphatic rings. The Balaban J connectivity index is 1.82. The van der Waals surface area contributed by atoms with Gasteiger partial charge < -0.3 is 9.72 Å². The number of aryl methyl sites for hydroxylation is 1. The molecule has 25 heavy (non-hydrogen) atoms. The van der Waals surface area contributed by atoms with Gasteiger partial charge in [-0.15, -0.1) is 0 Å². The van der Waals surface area contributed by atoms with Crippen LogP contribution in [-0.2, 0) is 0 Å². The summed E-state index contributed by atoms with van der Waals surface area (Å²) in [5.74, 6) is 2.75. The average Bonchev–Trinajstić information content (AvgIpc) is 2.93. The molecule has 1 atom stereocenters. The highest BCUT2D eigenvalue weighted by atomic mass is 35.5. The third-order valence-corrected chi connectivity index (χ3v) is 4.45. The summed E-state index contributed by atoms with van der Waals surface area (Å²) in [7, 11) is 0. The maximum atomic E-state index is 6.46. The number of hydrogen-bond acceptors (Lipinski definition) is 3. The van der Waals surface area contributed by atoms with Gasteiger partial charge in [-0.2, -0.15) is 0 Å². The molecule has 3 aromatic rings. The molecule has 0 saturated carbocycles. The van der Waals surface area contributed by atoms with Crippen molar-refractivity contribution >= 4 is 22.8 Å². The Hall–Kier alpha value is -2.07. The van der Waals surface area contributed by atoms with Crippen molar-refractivity contribution in [2.75, 3.05) is 6.61 Å². The third kappa shape index (κ3) is 4.13. The summed E-state index contributed by atoms with van der Waals surface area (Å²) >= 11 is 6.46. The molecule has 1 N–H and O–H groups in total. The van der Waals surface area contributed by atoms with Crippen LogP contribution in [0.25, 0.3) is 22.3 Å². The maximum Gasteiger partial charge on any atom is 0.178 e. The summed E-state index contributed by atoms with van der Waals surface area (Å²) in [6, 6.07) is 7.88. The number of H-pyrrole nitrogens is 1. The molecule has 132 valence electrons. The number of nitrogens with one attached hydrogen (secondary N) is 1. The first-order valence-corrected chi connectivity index (χ1v) is 9.06. The lowest BCUT2D eigenvalue weighted by Crippen LogP contribution is -2.11. The fraction of sp³-hybridized carbons (Fsp3) is 0.400. The second kappa shape index (κ2) is 7.44. The van der Waals surface area contributed by atoms with E-state index in [1.807, 2.05) is 31.2 Å². The van der Waals surface area contributed by atoms with Crippen molar-refractivity contribution in [3.63, 3.8) is 0 Å². The van der Waals surface area contributed by atoms with Gasteiger partial charge in [0, 0.05) is 11.8 Å².